The monoisotopic (exact) mass is 136 g/mol. The Morgan fingerprint density at radius 1 is 1.50 bits per heavy atom. The molecule has 10 heavy (non-hydrogen) atoms. The van der Waals surface area contributed by atoms with Crippen molar-refractivity contribution in [2.45, 2.75) is 0 Å². The van der Waals surface area contributed by atoms with Crippen molar-refractivity contribution in [2.75, 3.05) is 0 Å². The van der Waals surface area contributed by atoms with E-state index in [0.29, 0.717) is 11.7 Å². The molecular weight excluding hydrogens is 134 g/mol. The van der Waals surface area contributed by atoms with Crippen LogP contribution in [-0.2, 0) is 0 Å². The Bertz CT molecular complexity index is 254. The van der Waals surface area contributed by atoms with Crippen LogP contribution in [0.1, 0.15) is 0 Å². The third-order valence-electron chi connectivity index (χ3n) is 0.951. The summed E-state index contributed by atoms with van der Waals surface area (Å²) in [4.78, 5) is 3.79. The van der Waals surface area contributed by atoms with E-state index in [1.54, 1.807) is 0 Å². The number of nitrogens with zero attached hydrogens (tertiary/aromatic N) is 3. The van der Waals surface area contributed by atoms with Gasteiger partial charge in [-0.3, -0.25) is 0 Å². The molecule has 0 aromatic carbocycles. The van der Waals surface area contributed by atoms with Crippen LogP contribution in [0.5, 0.6) is 0 Å². The molecule has 0 fully saturated rings. The molecule has 0 saturated carbocycles. The highest BCUT2D eigenvalue weighted by Gasteiger charge is 2.06. The van der Waals surface area contributed by atoms with Crippen LogP contribution in [0, 0.1) is 6.20 Å². The van der Waals surface area contributed by atoms with Crippen LogP contribution < -0.4 is 0 Å². The molecule has 49 valence electrons. The lowest BCUT2D eigenvalue weighted by atomic mass is 10.5. The topological polar surface area (TPSA) is 65.0 Å². The summed E-state index contributed by atoms with van der Waals surface area (Å²) < 4.78 is 9.47. The summed E-state index contributed by atoms with van der Waals surface area (Å²) in [6.45, 7) is 0. The Kier molecular flexibility index (Phi) is 1.00. The zero-order valence-electron chi connectivity index (χ0n) is 4.81. The first kappa shape index (κ1) is 5.16. The molecule has 0 spiro atoms. The number of hydrogen-bond donors (Lipinski definition) is 0. The number of oxazole rings is 1. The van der Waals surface area contributed by atoms with Crippen molar-refractivity contribution in [3.63, 3.8) is 0 Å². The van der Waals surface area contributed by atoms with Crippen LogP contribution in [0.25, 0.3) is 11.7 Å². The van der Waals surface area contributed by atoms with Crippen molar-refractivity contribution >= 4 is 0 Å². The second kappa shape index (κ2) is 1.94. The minimum Gasteiger partial charge on any atom is -0.442 e. The van der Waals surface area contributed by atoms with Gasteiger partial charge in [0.15, 0.2) is 6.20 Å². The smallest absolute Gasteiger partial charge is 0.268 e. The first-order valence-corrected chi connectivity index (χ1v) is 2.57. The van der Waals surface area contributed by atoms with E-state index in [9.17, 15) is 0 Å². The van der Waals surface area contributed by atoms with Gasteiger partial charge in [-0.05, 0) is 0 Å². The molecule has 0 aliphatic heterocycles. The summed E-state index contributed by atoms with van der Waals surface area (Å²) in [6.07, 6.45) is 5.40. The average Bonchev–Trinajstić information content (AvgIpc) is 2.59. The van der Waals surface area contributed by atoms with Gasteiger partial charge in [-0.1, -0.05) is 0 Å². The highest BCUT2D eigenvalue weighted by atomic mass is 16.5. The van der Waals surface area contributed by atoms with Gasteiger partial charge >= 0.3 is 0 Å². The molecule has 0 bridgehead atoms. The molecule has 0 unspecified atom stereocenters. The zero-order chi connectivity index (χ0) is 6.81. The van der Waals surface area contributed by atoms with Crippen LogP contribution in [0.3, 0.4) is 0 Å². The first-order valence-electron chi connectivity index (χ1n) is 2.57. The van der Waals surface area contributed by atoms with E-state index in [-0.39, 0.29) is 0 Å². The molecule has 0 amide bonds. The Morgan fingerprint density at radius 2 is 2.50 bits per heavy atom. The van der Waals surface area contributed by atoms with Crippen molar-refractivity contribution < 1.29 is 8.94 Å². The Morgan fingerprint density at radius 3 is 3.10 bits per heavy atom. The first-order chi connectivity index (χ1) is 4.97. The normalized spacial score (nSPS) is 10.0. The van der Waals surface area contributed by atoms with E-state index < -0.39 is 0 Å². The van der Waals surface area contributed by atoms with Gasteiger partial charge in [0.25, 0.3) is 11.7 Å². The second-order valence-electron chi connectivity index (χ2n) is 1.55. The molecule has 0 saturated heterocycles. The standard InChI is InChI=1S/C5H2N3O2/c1-2-9-5(6-1)4-3-7-8-10-4/h1-2H. The van der Waals surface area contributed by atoms with E-state index in [4.69, 9.17) is 4.42 Å². The minimum absolute atomic E-state index is 0.310. The van der Waals surface area contributed by atoms with Crippen LogP contribution in [-0.4, -0.2) is 15.4 Å². The third-order valence-corrected chi connectivity index (χ3v) is 0.951. The molecule has 2 heterocycles. The molecule has 1 radical (unpaired) electrons. The highest BCUT2D eigenvalue weighted by Crippen LogP contribution is 2.12. The van der Waals surface area contributed by atoms with Crippen LogP contribution in [0.2, 0.25) is 0 Å². The van der Waals surface area contributed by atoms with E-state index >= 15 is 0 Å². The molecule has 5 nitrogen and oxygen atoms in total. The molecule has 0 atom stereocenters. The van der Waals surface area contributed by atoms with Crippen molar-refractivity contribution in [1.29, 1.82) is 0 Å². The molecule has 0 aliphatic rings. The van der Waals surface area contributed by atoms with Gasteiger partial charge in [-0.15, -0.1) is 5.10 Å². The van der Waals surface area contributed by atoms with E-state index in [2.05, 4.69) is 26.1 Å². The molecule has 2 aromatic heterocycles. The fourth-order valence-electron chi connectivity index (χ4n) is 0.570. The Balaban J connectivity index is 2.48. The lowest BCUT2D eigenvalue weighted by Crippen LogP contribution is -1.69. The fraction of sp³-hybridized carbons (Fsp3) is 0. The van der Waals surface area contributed by atoms with Crippen LogP contribution >= 0.6 is 0 Å². The van der Waals surface area contributed by atoms with E-state index in [1.807, 2.05) is 0 Å². The molecule has 0 aliphatic carbocycles. The molecule has 2 aromatic rings. The van der Waals surface area contributed by atoms with Gasteiger partial charge in [0.05, 0.1) is 6.20 Å². The maximum absolute atomic E-state index is 4.86. The zero-order valence-corrected chi connectivity index (χ0v) is 4.81. The van der Waals surface area contributed by atoms with Gasteiger partial charge in [0, 0.05) is 5.27 Å². The summed E-state index contributed by atoms with van der Waals surface area (Å²) in [5.74, 6) is 0.648. The Hall–Kier alpha value is -1.65. The predicted octanol–water partition coefficient (Wildman–Crippen LogP) is 0.525. The Labute approximate surface area is 55.7 Å². The summed E-state index contributed by atoms with van der Waals surface area (Å²) in [5, 5.41) is 6.53. The van der Waals surface area contributed by atoms with Crippen LogP contribution in [0.15, 0.2) is 21.4 Å². The number of aromatic nitrogens is 3. The van der Waals surface area contributed by atoms with Crippen molar-refractivity contribution in [1.82, 2.24) is 15.4 Å². The largest absolute Gasteiger partial charge is 0.442 e. The maximum Gasteiger partial charge on any atom is 0.268 e. The van der Waals surface area contributed by atoms with E-state index in [1.165, 1.54) is 12.5 Å². The van der Waals surface area contributed by atoms with E-state index in [0.717, 1.165) is 0 Å². The lowest BCUT2D eigenvalue weighted by molar-refractivity contribution is 0.391. The SMILES string of the molecule is [c]1nnoc1-c1ncco1. The van der Waals surface area contributed by atoms with Crippen molar-refractivity contribution in [3.05, 3.63) is 18.7 Å². The van der Waals surface area contributed by atoms with Gasteiger partial charge in [0.1, 0.15) is 6.26 Å². The van der Waals surface area contributed by atoms with Gasteiger partial charge in [-0.25, -0.2) is 4.98 Å². The van der Waals surface area contributed by atoms with Crippen LogP contribution in [0.4, 0.5) is 0 Å². The highest BCUT2D eigenvalue weighted by molar-refractivity contribution is 5.38. The number of rotatable bonds is 1. The summed E-state index contributed by atoms with van der Waals surface area (Å²) >= 11 is 0. The van der Waals surface area contributed by atoms with Crippen molar-refractivity contribution in [3.8, 4) is 11.7 Å². The van der Waals surface area contributed by atoms with Gasteiger partial charge in [0.2, 0.25) is 0 Å². The summed E-state index contributed by atoms with van der Waals surface area (Å²) in [5.41, 5.74) is 0. The minimum atomic E-state index is 0.310. The number of hydrogen-bond acceptors (Lipinski definition) is 5. The molecule has 0 N–H and O–H groups in total. The average molecular weight is 136 g/mol. The lowest BCUT2D eigenvalue weighted by Gasteiger charge is -1.78. The summed E-state index contributed by atoms with van der Waals surface area (Å²) in [6, 6.07) is 0. The maximum atomic E-state index is 4.86. The molecule has 5 heteroatoms. The third kappa shape index (κ3) is 0.680. The second-order valence-corrected chi connectivity index (χ2v) is 1.55. The predicted molar refractivity (Wildman–Crippen MR) is 28.6 cm³/mol. The molecular formula is C5H2N3O2. The quantitative estimate of drug-likeness (QED) is 0.571. The van der Waals surface area contributed by atoms with Crippen molar-refractivity contribution in [2.24, 2.45) is 0 Å². The molecule has 2 rings (SSSR count). The van der Waals surface area contributed by atoms with Gasteiger partial charge < -0.3 is 8.94 Å². The summed E-state index contributed by atoms with van der Waals surface area (Å²) in [7, 11) is 0. The fourth-order valence-corrected chi connectivity index (χ4v) is 0.570. The van der Waals surface area contributed by atoms with Gasteiger partial charge in [-0.2, -0.15) is 0 Å².